The van der Waals surface area contributed by atoms with Crippen molar-refractivity contribution in [2.75, 3.05) is 0 Å². The van der Waals surface area contributed by atoms with Crippen molar-refractivity contribution in [3.05, 3.63) is 120 Å². The maximum atomic E-state index is 6.35. The normalized spacial score (nSPS) is 12.3. The molecule has 0 aliphatic rings. The van der Waals surface area contributed by atoms with Gasteiger partial charge >= 0.3 is 0 Å². The van der Waals surface area contributed by atoms with E-state index in [1.54, 1.807) is 0 Å². The summed E-state index contributed by atoms with van der Waals surface area (Å²) in [5.74, 6) is 0. The maximum Gasteiger partial charge on any atom is 0.136 e. The number of rotatable bonds is 2. The van der Waals surface area contributed by atoms with Gasteiger partial charge in [-0.15, -0.1) is 0 Å². The Balaban J connectivity index is 1.51. The number of hydrogen-bond donors (Lipinski definition) is 0. The van der Waals surface area contributed by atoms with Crippen molar-refractivity contribution in [3.63, 3.8) is 0 Å². The Morgan fingerprint density at radius 2 is 1.34 bits per heavy atom. The Labute approximate surface area is 236 Å². The van der Waals surface area contributed by atoms with Crippen molar-refractivity contribution in [2.24, 2.45) is 0 Å². The standard InChI is InChI=1S/C38H26N2O/c1-21-16-22(2)35(23(3)17-21)25-19-28-27-18-24(30-9-6-7-15-39-30)11-12-31(27)40-32-13-14-34-37(36(32)29(20-25)38(28)40)26-8-4-5-10-33(26)41-34/h4-20H,1-3H3. The highest BCUT2D eigenvalue weighted by molar-refractivity contribution is 6.32. The topological polar surface area (TPSA) is 30.4 Å². The van der Waals surface area contributed by atoms with Crippen LogP contribution in [0.1, 0.15) is 16.7 Å². The van der Waals surface area contributed by atoms with E-state index in [9.17, 15) is 0 Å². The molecule has 41 heavy (non-hydrogen) atoms. The SMILES string of the molecule is Cc1cc(C)c(-c2cc3c4cc(-c5ccccn5)ccc4n4c5ccc6oc7ccccc7c6c5c(c2)c34)c(C)c1. The zero-order chi connectivity index (χ0) is 27.4. The largest absolute Gasteiger partial charge is 0.456 e. The van der Waals surface area contributed by atoms with Crippen LogP contribution < -0.4 is 0 Å². The predicted molar refractivity (Wildman–Crippen MR) is 171 cm³/mol. The molecule has 4 aromatic heterocycles. The van der Waals surface area contributed by atoms with Crippen LogP contribution in [-0.2, 0) is 0 Å². The minimum absolute atomic E-state index is 0.926. The number of para-hydroxylation sites is 1. The average Bonchev–Trinajstić information content (AvgIpc) is 3.62. The molecule has 4 heterocycles. The fourth-order valence-corrected chi connectivity index (χ4v) is 7.33. The minimum Gasteiger partial charge on any atom is -0.456 e. The van der Waals surface area contributed by atoms with Crippen LogP contribution in [0.3, 0.4) is 0 Å². The molecule has 3 heteroatoms. The lowest BCUT2D eigenvalue weighted by Crippen LogP contribution is -1.90. The Morgan fingerprint density at radius 3 is 2.17 bits per heavy atom. The molecular formula is C38H26N2O. The smallest absolute Gasteiger partial charge is 0.136 e. The van der Waals surface area contributed by atoms with Crippen molar-refractivity contribution in [3.8, 4) is 22.4 Å². The Morgan fingerprint density at radius 1 is 0.585 bits per heavy atom. The molecule has 0 atom stereocenters. The van der Waals surface area contributed by atoms with Gasteiger partial charge < -0.3 is 8.82 Å². The van der Waals surface area contributed by atoms with E-state index in [4.69, 9.17) is 4.42 Å². The molecule has 0 unspecified atom stereocenters. The summed E-state index contributed by atoms with van der Waals surface area (Å²) in [4.78, 5) is 4.65. The quantitative estimate of drug-likeness (QED) is 0.224. The number of fused-ring (bicyclic) bond motifs is 10. The highest BCUT2D eigenvalue weighted by Crippen LogP contribution is 2.46. The van der Waals surface area contributed by atoms with Gasteiger partial charge in [0.05, 0.1) is 22.2 Å². The molecule has 0 aliphatic carbocycles. The molecule has 0 N–H and O–H groups in total. The van der Waals surface area contributed by atoms with Crippen LogP contribution in [0, 0.1) is 20.8 Å². The zero-order valence-corrected chi connectivity index (χ0v) is 23.1. The highest BCUT2D eigenvalue weighted by atomic mass is 16.3. The first-order chi connectivity index (χ1) is 20.1. The van der Waals surface area contributed by atoms with Crippen molar-refractivity contribution in [1.82, 2.24) is 9.38 Å². The second-order valence-corrected chi connectivity index (χ2v) is 11.4. The predicted octanol–water partition coefficient (Wildman–Crippen LogP) is 10.4. The molecular weight excluding hydrogens is 500 g/mol. The molecule has 3 nitrogen and oxygen atoms in total. The molecule has 0 bridgehead atoms. The summed E-state index contributed by atoms with van der Waals surface area (Å²) in [5, 5.41) is 7.38. The third-order valence-corrected chi connectivity index (χ3v) is 8.82. The summed E-state index contributed by atoms with van der Waals surface area (Å²) in [7, 11) is 0. The van der Waals surface area contributed by atoms with E-state index in [0.717, 1.165) is 27.8 Å². The van der Waals surface area contributed by atoms with Crippen LogP contribution >= 0.6 is 0 Å². The third-order valence-electron chi connectivity index (χ3n) is 8.82. The van der Waals surface area contributed by atoms with Gasteiger partial charge in [-0.05, 0) is 97.6 Å². The first kappa shape index (κ1) is 22.6. The van der Waals surface area contributed by atoms with E-state index in [-0.39, 0.29) is 0 Å². The summed E-state index contributed by atoms with van der Waals surface area (Å²) in [6, 6.07) is 35.0. The van der Waals surface area contributed by atoms with Gasteiger partial charge in [0.15, 0.2) is 0 Å². The third kappa shape index (κ3) is 3.01. The zero-order valence-electron chi connectivity index (χ0n) is 23.1. The summed E-state index contributed by atoms with van der Waals surface area (Å²) in [6.45, 7) is 6.64. The summed E-state index contributed by atoms with van der Waals surface area (Å²) < 4.78 is 8.81. The Bertz CT molecular complexity index is 2470. The van der Waals surface area contributed by atoms with Crippen LogP contribution in [0.25, 0.3) is 82.4 Å². The summed E-state index contributed by atoms with van der Waals surface area (Å²) in [5.41, 5.74) is 14.1. The fourth-order valence-electron chi connectivity index (χ4n) is 7.33. The molecule has 0 saturated heterocycles. The second-order valence-electron chi connectivity index (χ2n) is 11.4. The van der Waals surface area contributed by atoms with Gasteiger partial charge in [-0.3, -0.25) is 4.98 Å². The molecule has 5 aromatic carbocycles. The molecule has 0 aliphatic heterocycles. The van der Waals surface area contributed by atoms with Crippen LogP contribution in [0.15, 0.2) is 108 Å². The first-order valence-corrected chi connectivity index (χ1v) is 14.1. The first-order valence-electron chi connectivity index (χ1n) is 14.1. The van der Waals surface area contributed by atoms with Crippen LogP contribution in [0.5, 0.6) is 0 Å². The van der Waals surface area contributed by atoms with Crippen molar-refractivity contribution < 1.29 is 4.42 Å². The molecule has 0 radical (unpaired) electrons. The number of hydrogen-bond acceptors (Lipinski definition) is 2. The minimum atomic E-state index is 0.926. The maximum absolute atomic E-state index is 6.35. The van der Waals surface area contributed by atoms with Crippen molar-refractivity contribution in [1.29, 1.82) is 0 Å². The number of aromatic nitrogens is 2. The van der Waals surface area contributed by atoms with E-state index in [1.807, 2.05) is 18.3 Å². The molecule has 0 amide bonds. The van der Waals surface area contributed by atoms with Gasteiger partial charge in [-0.2, -0.15) is 0 Å². The van der Waals surface area contributed by atoms with E-state index < -0.39 is 0 Å². The lowest BCUT2D eigenvalue weighted by Gasteiger charge is -2.13. The number of furan rings is 1. The van der Waals surface area contributed by atoms with Gasteiger partial charge in [0.1, 0.15) is 11.2 Å². The number of nitrogens with zero attached hydrogens (tertiary/aromatic N) is 2. The monoisotopic (exact) mass is 526 g/mol. The van der Waals surface area contributed by atoms with Crippen LogP contribution in [0.4, 0.5) is 0 Å². The van der Waals surface area contributed by atoms with Crippen molar-refractivity contribution in [2.45, 2.75) is 20.8 Å². The molecule has 9 rings (SSSR count). The van der Waals surface area contributed by atoms with Crippen LogP contribution in [-0.4, -0.2) is 9.38 Å². The second kappa shape index (κ2) is 7.96. The van der Waals surface area contributed by atoms with Gasteiger partial charge in [-0.1, -0.05) is 48.0 Å². The molecule has 0 saturated carbocycles. The van der Waals surface area contributed by atoms with Gasteiger partial charge in [0.25, 0.3) is 0 Å². The average molecular weight is 527 g/mol. The Kier molecular flexibility index (Phi) is 4.39. The van der Waals surface area contributed by atoms with Gasteiger partial charge in [0.2, 0.25) is 0 Å². The molecule has 194 valence electrons. The lowest BCUT2D eigenvalue weighted by molar-refractivity contribution is 0.669. The molecule has 0 fully saturated rings. The van der Waals surface area contributed by atoms with Crippen LogP contribution in [0.2, 0.25) is 0 Å². The number of aryl methyl sites for hydroxylation is 3. The Hall–Kier alpha value is -5.15. The summed E-state index contributed by atoms with van der Waals surface area (Å²) >= 11 is 0. The van der Waals surface area contributed by atoms with Crippen molar-refractivity contribution >= 4 is 60.0 Å². The molecule has 9 aromatic rings. The van der Waals surface area contributed by atoms with E-state index >= 15 is 0 Å². The number of pyridine rings is 1. The number of benzene rings is 5. The summed E-state index contributed by atoms with van der Waals surface area (Å²) in [6.07, 6.45) is 1.86. The highest BCUT2D eigenvalue weighted by Gasteiger charge is 2.23. The van der Waals surface area contributed by atoms with Gasteiger partial charge in [0, 0.05) is 44.1 Å². The van der Waals surface area contributed by atoms with E-state index in [1.165, 1.54) is 71.3 Å². The lowest BCUT2D eigenvalue weighted by atomic mass is 9.91. The van der Waals surface area contributed by atoms with E-state index in [0.29, 0.717) is 0 Å². The fraction of sp³-hybridized carbons (Fsp3) is 0.0789. The van der Waals surface area contributed by atoms with Gasteiger partial charge in [-0.25, -0.2) is 0 Å². The molecule has 0 spiro atoms. The van der Waals surface area contributed by atoms with E-state index in [2.05, 4.69) is 115 Å².